The monoisotopic (exact) mass is 452 g/mol. The number of nitrogens with zero attached hydrogens (tertiary/aromatic N) is 2. The van der Waals surface area contributed by atoms with Gasteiger partial charge in [-0.1, -0.05) is 20.8 Å². The molecule has 0 bridgehead atoms. The van der Waals surface area contributed by atoms with E-state index in [9.17, 15) is 15.2 Å². The van der Waals surface area contributed by atoms with Gasteiger partial charge in [-0.05, 0) is 35.7 Å². The minimum absolute atomic E-state index is 0. The van der Waals surface area contributed by atoms with Crippen LogP contribution in [0.5, 0.6) is 11.5 Å². The van der Waals surface area contributed by atoms with Crippen molar-refractivity contribution in [3.05, 3.63) is 63.7 Å². The van der Waals surface area contributed by atoms with Gasteiger partial charge in [-0.2, -0.15) is 0 Å². The van der Waals surface area contributed by atoms with Gasteiger partial charge >= 0.3 is 0 Å². The summed E-state index contributed by atoms with van der Waals surface area (Å²) in [5.41, 5.74) is 1.95. The van der Waals surface area contributed by atoms with Crippen LogP contribution in [0.4, 0.5) is 5.69 Å². The van der Waals surface area contributed by atoms with Gasteiger partial charge in [0, 0.05) is 23.3 Å². The first-order valence-corrected chi connectivity index (χ1v) is 9.96. The lowest BCUT2D eigenvalue weighted by atomic mass is 9.86. The van der Waals surface area contributed by atoms with Crippen molar-refractivity contribution in [2.75, 3.05) is 34.4 Å². The van der Waals surface area contributed by atoms with Crippen LogP contribution in [0.1, 0.15) is 31.9 Å². The van der Waals surface area contributed by atoms with Gasteiger partial charge in [0.05, 0.1) is 26.1 Å². The third-order valence-electron chi connectivity index (χ3n) is 4.89. The van der Waals surface area contributed by atoms with Crippen molar-refractivity contribution in [3.8, 4) is 11.5 Å². The summed E-state index contributed by atoms with van der Waals surface area (Å²) >= 11 is 0. The number of methoxy groups -OCH3 is 1. The van der Waals surface area contributed by atoms with Gasteiger partial charge in [0.15, 0.2) is 0 Å². The highest BCUT2D eigenvalue weighted by molar-refractivity contribution is 5.44. The van der Waals surface area contributed by atoms with Crippen molar-refractivity contribution in [1.29, 1.82) is 0 Å². The molecule has 0 aliphatic carbocycles. The molecule has 7 nitrogen and oxygen atoms in total. The fraction of sp³-hybridized carbons (Fsp3) is 0.478. The number of benzene rings is 2. The molecule has 0 radical (unpaired) electrons. The lowest BCUT2D eigenvalue weighted by Crippen LogP contribution is -3.00. The Hall–Kier alpha value is -2.35. The first-order chi connectivity index (χ1) is 13.9. The number of halogens is 1. The average molecular weight is 453 g/mol. The van der Waals surface area contributed by atoms with E-state index in [0.717, 1.165) is 22.6 Å². The summed E-state index contributed by atoms with van der Waals surface area (Å²) in [6.07, 6.45) is -0.659. The summed E-state index contributed by atoms with van der Waals surface area (Å²) in [6, 6.07) is 12.2. The van der Waals surface area contributed by atoms with Crippen LogP contribution < -0.4 is 21.9 Å². The molecule has 0 saturated heterocycles. The van der Waals surface area contributed by atoms with E-state index in [-0.39, 0.29) is 30.1 Å². The first kappa shape index (κ1) is 26.7. The number of ether oxygens (including phenoxy) is 2. The predicted octanol–water partition coefficient (Wildman–Crippen LogP) is 0.921. The number of hydrogen-bond donors (Lipinski definition) is 1. The van der Waals surface area contributed by atoms with Gasteiger partial charge < -0.3 is 31.5 Å². The second-order valence-electron chi connectivity index (χ2n) is 9.28. The Kier molecular flexibility index (Phi) is 9.29. The molecule has 0 aliphatic rings. The zero-order valence-corrected chi connectivity index (χ0v) is 19.8. The molecule has 2 aromatic carbocycles. The molecule has 2 rings (SSSR count). The Morgan fingerprint density at radius 2 is 1.74 bits per heavy atom. The van der Waals surface area contributed by atoms with Crippen molar-refractivity contribution in [3.63, 3.8) is 0 Å². The molecule has 0 fully saturated rings. The number of rotatable bonds is 9. The van der Waals surface area contributed by atoms with Crippen LogP contribution in [0.15, 0.2) is 42.5 Å². The molecule has 0 amide bonds. The van der Waals surface area contributed by atoms with Gasteiger partial charge in [-0.3, -0.25) is 10.1 Å². The molecule has 1 N–H and O–H groups in total. The molecular weight excluding hydrogens is 420 g/mol. The van der Waals surface area contributed by atoms with Gasteiger partial charge in [0.1, 0.15) is 37.3 Å². The largest absolute Gasteiger partial charge is 1.00 e. The summed E-state index contributed by atoms with van der Waals surface area (Å²) in [6.45, 7) is 7.62. The lowest BCUT2D eigenvalue weighted by molar-refractivity contribution is -0.906. The van der Waals surface area contributed by atoms with Crippen molar-refractivity contribution < 1.29 is 36.4 Å². The zero-order chi connectivity index (χ0) is 22.5. The van der Waals surface area contributed by atoms with Crippen molar-refractivity contribution >= 4 is 5.69 Å². The molecule has 31 heavy (non-hydrogen) atoms. The van der Waals surface area contributed by atoms with E-state index in [0.29, 0.717) is 17.6 Å². The highest BCUT2D eigenvalue weighted by atomic mass is 35.5. The van der Waals surface area contributed by atoms with E-state index in [1.54, 1.807) is 19.2 Å². The van der Waals surface area contributed by atoms with Crippen molar-refractivity contribution in [2.24, 2.45) is 0 Å². The fourth-order valence-corrected chi connectivity index (χ4v) is 3.44. The summed E-state index contributed by atoms with van der Waals surface area (Å²) in [4.78, 5) is 10.4. The van der Waals surface area contributed by atoms with Gasteiger partial charge in [0.25, 0.3) is 5.69 Å². The van der Waals surface area contributed by atoms with Crippen LogP contribution in [0.3, 0.4) is 0 Å². The van der Waals surface area contributed by atoms with Crippen LogP contribution in [-0.2, 0) is 12.0 Å². The van der Waals surface area contributed by atoms with Crippen LogP contribution in [0.2, 0.25) is 0 Å². The van der Waals surface area contributed by atoms with E-state index in [2.05, 4.69) is 20.8 Å². The average Bonchev–Trinajstić information content (AvgIpc) is 2.65. The highest BCUT2D eigenvalue weighted by Crippen LogP contribution is 2.34. The molecule has 0 heterocycles. The minimum atomic E-state index is -0.659. The van der Waals surface area contributed by atoms with Crippen LogP contribution in [0.25, 0.3) is 0 Å². The number of likely N-dealkylation sites (N-methyl/N-ethyl adjacent to an activating group) is 1. The molecule has 2 aromatic rings. The molecular formula is C23H33ClN2O5. The predicted molar refractivity (Wildman–Crippen MR) is 117 cm³/mol. The maximum atomic E-state index is 10.8. The number of hydrogen-bond acceptors (Lipinski definition) is 5. The summed E-state index contributed by atoms with van der Waals surface area (Å²) < 4.78 is 11.8. The number of nitro benzene ring substituents is 1. The maximum Gasteiger partial charge on any atom is 0.269 e. The molecule has 0 aromatic heterocycles. The number of non-ortho nitro benzene ring substituents is 1. The Labute approximate surface area is 190 Å². The number of aliphatic hydroxyl groups is 1. The molecule has 8 heteroatoms. The molecule has 172 valence electrons. The number of aliphatic hydroxyl groups excluding tert-OH is 1. The Morgan fingerprint density at radius 1 is 1.13 bits per heavy atom. The summed E-state index contributed by atoms with van der Waals surface area (Å²) in [5, 5.41) is 21.4. The van der Waals surface area contributed by atoms with Crippen LogP contribution in [-0.4, -0.2) is 55.0 Å². The van der Waals surface area contributed by atoms with E-state index >= 15 is 0 Å². The lowest BCUT2D eigenvalue weighted by Gasteiger charge is -2.32. The van der Waals surface area contributed by atoms with Gasteiger partial charge in [-0.25, -0.2) is 0 Å². The Morgan fingerprint density at radius 3 is 2.26 bits per heavy atom. The minimum Gasteiger partial charge on any atom is -1.00 e. The zero-order valence-electron chi connectivity index (χ0n) is 19.1. The van der Waals surface area contributed by atoms with Gasteiger partial charge in [-0.15, -0.1) is 0 Å². The number of quaternary nitrogens is 1. The van der Waals surface area contributed by atoms with E-state index < -0.39 is 11.0 Å². The van der Waals surface area contributed by atoms with E-state index in [1.165, 1.54) is 12.1 Å². The highest BCUT2D eigenvalue weighted by Gasteiger charge is 2.24. The van der Waals surface area contributed by atoms with E-state index in [1.807, 2.05) is 32.3 Å². The molecule has 0 spiro atoms. The second-order valence-corrected chi connectivity index (χ2v) is 9.28. The third-order valence-corrected chi connectivity index (χ3v) is 4.89. The Bertz CT molecular complexity index is 863. The van der Waals surface area contributed by atoms with E-state index in [4.69, 9.17) is 9.47 Å². The van der Waals surface area contributed by atoms with Crippen molar-refractivity contribution in [2.45, 2.75) is 38.8 Å². The maximum absolute atomic E-state index is 10.8. The fourth-order valence-electron chi connectivity index (χ4n) is 3.44. The van der Waals surface area contributed by atoms with Crippen molar-refractivity contribution in [1.82, 2.24) is 0 Å². The van der Waals surface area contributed by atoms with Gasteiger partial charge in [0.2, 0.25) is 0 Å². The molecule has 1 unspecified atom stereocenters. The first-order valence-electron chi connectivity index (χ1n) is 9.96. The molecule has 0 aliphatic heterocycles. The standard InChI is InChI=1S/C23H33N2O5.ClH/c1-23(2,3)21-13-20(29-6)11-12-22(21)30-16-19(26)15-25(4,5)14-17-7-9-18(10-8-17)24(27)28;/h7-13,19,26H,14-16H2,1-6H3;1H/q+1;/p-1. The summed E-state index contributed by atoms with van der Waals surface area (Å²) in [7, 11) is 5.66. The smallest absolute Gasteiger partial charge is 0.269 e. The van der Waals surface area contributed by atoms with Crippen LogP contribution in [0, 0.1) is 10.1 Å². The SMILES string of the molecule is COc1ccc(OCC(O)C[N+](C)(C)Cc2ccc([N+](=O)[O-])cc2)c(C(C)(C)C)c1.[Cl-]. The molecule has 0 saturated carbocycles. The molecule has 1 atom stereocenters. The third kappa shape index (κ3) is 8.01. The normalized spacial score (nSPS) is 12.6. The van der Waals surface area contributed by atoms with Crippen LogP contribution >= 0.6 is 0 Å². The number of nitro groups is 1. The summed E-state index contributed by atoms with van der Waals surface area (Å²) in [5.74, 6) is 1.51. The quantitative estimate of drug-likeness (QED) is 0.347. The second kappa shape index (κ2) is 10.8. The topological polar surface area (TPSA) is 81.8 Å². The Balaban J connectivity index is 0.00000480.